The van der Waals surface area contributed by atoms with Crippen molar-refractivity contribution < 1.29 is 9.53 Å². The fraction of sp³-hybridized carbons (Fsp3) is 0.688. The Hall–Kier alpha value is -1.73. The van der Waals surface area contributed by atoms with E-state index >= 15 is 0 Å². The summed E-state index contributed by atoms with van der Waals surface area (Å²) >= 11 is 0. The number of anilines is 1. The van der Waals surface area contributed by atoms with Gasteiger partial charge in [0.15, 0.2) is 0 Å². The lowest BCUT2D eigenvalue weighted by molar-refractivity contribution is -0.119. The first-order chi connectivity index (χ1) is 11.1. The van der Waals surface area contributed by atoms with Gasteiger partial charge >= 0.3 is 0 Å². The molecule has 0 radical (unpaired) electrons. The van der Waals surface area contributed by atoms with Crippen LogP contribution in [0.15, 0.2) is 6.07 Å². The molecule has 3 rings (SSSR count). The lowest BCUT2D eigenvalue weighted by Gasteiger charge is -2.32. The summed E-state index contributed by atoms with van der Waals surface area (Å²) in [5, 5.41) is 0. The van der Waals surface area contributed by atoms with E-state index in [1.807, 2.05) is 6.92 Å². The average Bonchev–Trinajstić information content (AvgIpc) is 2.55. The maximum absolute atomic E-state index is 11.2. The molecule has 0 aliphatic carbocycles. The van der Waals surface area contributed by atoms with Crippen molar-refractivity contribution in [3.8, 4) is 0 Å². The van der Waals surface area contributed by atoms with Crippen LogP contribution in [0.2, 0.25) is 0 Å². The molecule has 0 saturated carbocycles. The van der Waals surface area contributed by atoms with Gasteiger partial charge in [0.25, 0.3) is 0 Å². The minimum atomic E-state index is -0.265. The van der Waals surface area contributed by atoms with Gasteiger partial charge in [0.2, 0.25) is 5.91 Å². The number of hydrogen-bond acceptors (Lipinski definition) is 6. The van der Waals surface area contributed by atoms with Gasteiger partial charge in [-0.15, -0.1) is 0 Å². The summed E-state index contributed by atoms with van der Waals surface area (Å²) in [6.07, 6.45) is 2.15. The molecule has 3 heterocycles. The standard InChI is InChI=1S/C16H25N5O2/c1-12-18-14(9-16(19-12)21-5-7-23-8-6-21)13-3-2-4-20(10-13)11-15(17)22/h9,13H,2-8,10-11H2,1H3,(H2,17,22)/t13-/m1/s1. The van der Waals surface area contributed by atoms with E-state index in [9.17, 15) is 4.79 Å². The molecular weight excluding hydrogens is 294 g/mol. The van der Waals surface area contributed by atoms with Gasteiger partial charge < -0.3 is 15.4 Å². The smallest absolute Gasteiger partial charge is 0.231 e. The van der Waals surface area contributed by atoms with E-state index in [1.165, 1.54) is 0 Å². The molecule has 1 atom stereocenters. The van der Waals surface area contributed by atoms with Crippen LogP contribution in [0.4, 0.5) is 5.82 Å². The lowest BCUT2D eigenvalue weighted by atomic mass is 9.94. The Morgan fingerprint density at radius 1 is 1.35 bits per heavy atom. The van der Waals surface area contributed by atoms with Crippen molar-refractivity contribution in [1.82, 2.24) is 14.9 Å². The number of morpholine rings is 1. The van der Waals surface area contributed by atoms with Crippen LogP contribution in [-0.2, 0) is 9.53 Å². The first-order valence-electron chi connectivity index (χ1n) is 8.31. The molecule has 2 fully saturated rings. The third-order valence-corrected chi connectivity index (χ3v) is 4.48. The van der Waals surface area contributed by atoms with E-state index in [0.717, 1.165) is 69.6 Å². The van der Waals surface area contributed by atoms with E-state index in [4.69, 9.17) is 10.5 Å². The van der Waals surface area contributed by atoms with Gasteiger partial charge in [-0.25, -0.2) is 9.97 Å². The second kappa shape index (κ2) is 7.23. The van der Waals surface area contributed by atoms with Crippen molar-refractivity contribution >= 4 is 11.7 Å². The number of rotatable bonds is 4. The van der Waals surface area contributed by atoms with E-state index in [0.29, 0.717) is 12.5 Å². The molecule has 1 aromatic rings. The highest BCUT2D eigenvalue weighted by Gasteiger charge is 2.25. The summed E-state index contributed by atoms with van der Waals surface area (Å²) < 4.78 is 5.41. The Balaban J connectivity index is 1.76. The Labute approximate surface area is 136 Å². The molecule has 0 spiro atoms. The molecular formula is C16H25N5O2. The molecule has 2 aliphatic rings. The number of ether oxygens (including phenoxy) is 1. The van der Waals surface area contributed by atoms with Crippen molar-refractivity contribution in [3.63, 3.8) is 0 Å². The predicted molar refractivity (Wildman–Crippen MR) is 87.4 cm³/mol. The fourth-order valence-corrected chi connectivity index (χ4v) is 3.40. The van der Waals surface area contributed by atoms with Crippen LogP contribution in [0.5, 0.6) is 0 Å². The molecule has 0 bridgehead atoms. The molecule has 7 nitrogen and oxygen atoms in total. The molecule has 2 N–H and O–H groups in total. The topological polar surface area (TPSA) is 84.6 Å². The number of aryl methyl sites for hydroxylation is 1. The van der Waals surface area contributed by atoms with Crippen molar-refractivity contribution in [1.29, 1.82) is 0 Å². The molecule has 126 valence electrons. The highest BCUT2D eigenvalue weighted by Crippen LogP contribution is 2.27. The van der Waals surface area contributed by atoms with Gasteiger partial charge in [0.05, 0.1) is 25.5 Å². The summed E-state index contributed by atoms with van der Waals surface area (Å²) in [7, 11) is 0. The normalized spacial score (nSPS) is 23.0. The maximum atomic E-state index is 11.2. The van der Waals surface area contributed by atoms with Crippen molar-refractivity contribution in [3.05, 3.63) is 17.6 Å². The summed E-state index contributed by atoms with van der Waals surface area (Å²) in [5.74, 6) is 1.86. The van der Waals surface area contributed by atoms with Crippen LogP contribution in [0.3, 0.4) is 0 Å². The fourth-order valence-electron chi connectivity index (χ4n) is 3.40. The van der Waals surface area contributed by atoms with Crippen LogP contribution in [0.25, 0.3) is 0 Å². The number of piperidine rings is 1. The van der Waals surface area contributed by atoms with E-state index < -0.39 is 0 Å². The first kappa shape index (κ1) is 16.1. The molecule has 0 unspecified atom stereocenters. The van der Waals surface area contributed by atoms with Gasteiger partial charge in [-0.05, 0) is 26.3 Å². The zero-order valence-electron chi connectivity index (χ0n) is 13.7. The number of primary amides is 1. The number of nitrogens with two attached hydrogens (primary N) is 1. The van der Waals surface area contributed by atoms with Gasteiger partial charge in [0, 0.05) is 31.6 Å². The zero-order chi connectivity index (χ0) is 16.2. The van der Waals surface area contributed by atoms with Crippen LogP contribution in [0, 0.1) is 6.92 Å². The second-order valence-corrected chi connectivity index (χ2v) is 6.34. The highest BCUT2D eigenvalue weighted by atomic mass is 16.5. The van der Waals surface area contributed by atoms with Gasteiger partial charge in [-0.3, -0.25) is 9.69 Å². The minimum Gasteiger partial charge on any atom is -0.378 e. The first-order valence-corrected chi connectivity index (χ1v) is 8.31. The summed E-state index contributed by atoms with van der Waals surface area (Å²) in [6.45, 7) is 7.27. The molecule has 2 saturated heterocycles. The number of aromatic nitrogens is 2. The van der Waals surface area contributed by atoms with E-state index in [2.05, 4.69) is 25.8 Å². The Morgan fingerprint density at radius 2 is 2.13 bits per heavy atom. The number of amides is 1. The molecule has 1 amide bonds. The van der Waals surface area contributed by atoms with Crippen molar-refractivity contribution in [2.24, 2.45) is 5.73 Å². The average molecular weight is 319 g/mol. The predicted octanol–water partition coefficient (Wildman–Crippen LogP) is 0.286. The molecule has 23 heavy (non-hydrogen) atoms. The summed E-state index contributed by atoms with van der Waals surface area (Å²) in [5.41, 5.74) is 6.41. The number of carbonyl (C=O) groups excluding carboxylic acids is 1. The summed E-state index contributed by atoms with van der Waals surface area (Å²) in [4.78, 5) is 24.8. The molecule has 7 heteroatoms. The number of hydrogen-bond donors (Lipinski definition) is 1. The van der Waals surface area contributed by atoms with E-state index in [-0.39, 0.29) is 5.91 Å². The Bertz CT molecular complexity index is 559. The van der Waals surface area contributed by atoms with Gasteiger partial charge in [0.1, 0.15) is 11.6 Å². The SMILES string of the molecule is Cc1nc([C@@H]2CCCN(CC(N)=O)C2)cc(N2CCOCC2)n1. The van der Waals surface area contributed by atoms with Crippen LogP contribution in [-0.4, -0.2) is 66.7 Å². The highest BCUT2D eigenvalue weighted by molar-refractivity contribution is 5.75. The minimum absolute atomic E-state index is 0.265. The number of nitrogens with zero attached hydrogens (tertiary/aromatic N) is 4. The number of likely N-dealkylation sites (tertiary alicyclic amines) is 1. The zero-order valence-corrected chi connectivity index (χ0v) is 13.7. The monoisotopic (exact) mass is 319 g/mol. The van der Waals surface area contributed by atoms with Crippen molar-refractivity contribution in [2.75, 3.05) is 50.8 Å². The van der Waals surface area contributed by atoms with Crippen LogP contribution < -0.4 is 10.6 Å². The van der Waals surface area contributed by atoms with E-state index in [1.54, 1.807) is 0 Å². The van der Waals surface area contributed by atoms with Crippen LogP contribution >= 0.6 is 0 Å². The van der Waals surface area contributed by atoms with Gasteiger partial charge in [-0.1, -0.05) is 0 Å². The summed E-state index contributed by atoms with van der Waals surface area (Å²) in [6, 6.07) is 2.11. The second-order valence-electron chi connectivity index (χ2n) is 6.34. The number of carbonyl (C=O) groups is 1. The largest absolute Gasteiger partial charge is 0.378 e. The Kier molecular flexibility index (Phi) is 5.07. The quantitative estimate of drug-likeness (QED) is 0.858. The maximum Gasteiger partial charge on any atom is 0.231 e. The van der Waals surface area contributed by atoms with Crippen molar-refractivity contribution in [2.45, 2.75) is 25.7 Å². The molecule has 0 aromatic carbocycles. The molecule has 2 aliphatic heterocycles. The Morgan fingerprint density at radius 3 is 2.87 bits per heavy atom. The third-order valence-electron chi connectivity index (χ3n) is 4.48. The molecule has 1 aromatic heterocycles. The van der Waals surface area contributed by atoms with Gasteiger partial charge in [-0.2, -0.15) is 0 Å². The third kappa shape index (κ3) is 4.17. The lowest BCUT2D eigenvalue weighted by Crippen LogP contribution is -2.40. The van der Waals surface area contributed by atoms with Crippen LogP contribution in [0.1, 0.15) is 30.3 Å².